The van der Waals surface area contributed by atoms with Gasteiger partial charge in [0.15, 0.2) is 6.10 Å². The number of hydrogen-bond acceptors (Lipinski definition) is 3. The van der Waals surface area contributed by atoms with E-state index in [1.165, 1.54) is 0 Å². The lowest BCUT2D eigenvalue weighted by Gasteiger charge is -2.22. The summed E-state index contributed by atoms with van der Waals surface area (Å²) in [5, 5.41) is 5.70. The first-order valence-electron chi connectivity index (χ1n) is 8.62. The molecule has 2 aromatic rings. The van der Waals surface area contributed by atoms with Gasteiger partial charge in [-0.2, -0.15) is 0 Å². The Balaban J connectivity index is 2.11. The second kappa shape index (κ2) is 8.04. The van der Waals surface area contributed by atoms with E-state index in [-0.39, 0.29) is 17.4 Å². The summed E-state index contributed by atoms with van der Waals surface area (Å²) in [5.74, 6) is 0.110. The lowest BCUT2D eigenvalue weighted by atomic mass is 10.1. The fourth-order valence-corrected chi connectivity index (χ4v) is 2.37. The number of nitrogens with one attached hydrogen (secondary N) is 2. The van der Waals surface area contributed by atoms with Crippen LogP contribution in [0, 0.1) is 6.92 Å². The zero-order valence-corrected chi connectivity index (χ0v) is 15.9. The predicted octanol–water partition coefficient (Wildman–Crippen LogP) is 3.93. The molecule has 0 aliphatic rings. The van der Waals surface area contributed by atoms with E-state index in [1.807, 2.05) is 52.0 Å². The van der Waals surface area contributed by atoms with Crippen molar-refractivity contribution >= 4 is 17.5 Å². The molecule has 2 N–H and O–H groups in total. The number of carbonyl (C=O) groups excluding carboxylic acids is 2. The fourth-order valence-electron chi connectivity index (χ4n) is 2.37. The highest BCUT2D eigenvalue weighted by Crippen LogP contribution is 2.20. The molecule has 5 nitrogen and oxygen atoms in total. The highest BCUT2D eigenvalue weighted by Gasteiger charge is 2.21. The lowest BCUT2D eigenvalue weighted by molar-refractivity contribution is -0.122. The van der Waals surface area contributed by atoms with Crippen molar-refractivity contribution in [2.75, 3.05) is 5.32 Å². The van der Waals surface area contributed by atoms with Crippen LogP contribution in [0.2, 0.25) is 0 Å². The highest BCUT2D eigenvalue weighted by atomic mass is 16.5. The smallest absolute Gasteiger partial charge is 0.265 e. The summed E-state index contributed by atoms with van der Waals surface area (Å²) in [6.45, 7) is 9.32. The van der Waals surface area contributed by atoms with Crippen LogP contribution in [0.15, 0.2) is 48.5 Å². The Hall–Kier alpha value is -2.82. The summed E-state index contributed by atoms with van der Waals surface area (Å²) >= 11 is 0. The zero-order valence-electron chi connectivity index (χ0n) is 15.9. The molecule has 0 saturated heterocycles. The summed E-state index contributed by atoms with van der Waals surface area (Å²) in [4.78, 5) is 25.0. The average Bonchev–Trinajstić information content (AvgIpc) is 2.55. The van der Waals surface area contributed by atoms with Gasteiger partial charge in [0.1, 0.15) is 5.75 Å². The van der Waals surface area contributed by atoms with Crippen LogP contribution in [0.5, 0.6) is 5.75 Å². The van der Waals surface area contributed by atoms with E-state index >= 15 is 0 Å². The van der Waals surface area contributed by atoms with Gasteiger partial charge < -0.3 is 15.4 Å². The van der Waals surface area contributed by atoms with Crippen LogP contribution in [-0.4, -0.2) is 23.5 Å². The topological polar surface area (TPSA) is 67.4 Å². The predicted molar refractivity (Wildman–Crippen MR) is 104 cm³/mol. The van der Waals surface area contributed by atoms with E-state index in [1.54, 1.807) is 31.2 Å². The zero-order chi connectivity index (χ0) is 19.3. The van der Waals surface area contributed by atoms with Crippen molar-refractivity contribution in [1.82, 2.24) is 5.32 Å². The molecule has 0 radical (unpaired) electrons. The maximum Gasteiger partial charge on any atom is 0.265 e. The average molecular weight is 354 g/mol. The van der Waals surface area contributed by atoms with Crippen LogP contribution in [0.4, 0.5) is 5.69 Å². The van der Waals surface area contributed by atoms with Crippen LogP contribution < -0.4 is 15.4 Å². The van der Waals surface area contributed by atoms with Crippen LogP contribution >= 0.6 is 0 Å². The molecule has 1 unspecified atom stereocenters. The van der Waals surface area contributed by atoms with Crippen LogP contribution in [0.3, 0.4) is 0 Å². The standard InChI is InChI=1S/C21H26N2O3/c1-14-10-6-9-13-18(14)26-15(2)19(24)22-17-12-8-7-11-16(17)20(25)23-21(3,4)5/h6-13,15H,1-5H3,(H,22,24)(H,23,25). The van der Waals surface area contributed by atoms with Crippen LogP contribution in [0.1, 0.15) is 43.6 Å². The quantitative estimate of drug-likeness (QED) is 0.855. The molecule has 2 rings (SSSR count). The van der Waals surface area contributed by atoms with Crippen molar-refractivity contribution in [2.45, 2.75) is 46.3 Å². The second-order valence-corrected chi connectivity index (χ2v) is 7.26. The van der Waals surface area contributed by atoms with Gasteiger partial charge in [-0.25, -0.2) is 0 Å². The third-order valence-electron chi connectivity index (χ3n) is 3.68. The molecule has 0 aliphatic carbocycles. The first-order chi connectivity index (χ1) is 12.2. The molecule has 26 heavy (non-hydrogen) atoms. The summed E-state index contributed by atoms with van der Waals surface area (Å²) in [5.41, 5.74) is 1.46. The normalized spacial score (nSPS) is 12.2. The van der Waals surface area contributed by atoms with Crippen molar-refractivity contribution in [3.63, 3.8) is 0 Å². The molecule has 0 aromatic heterocycles. The minimum Gasteiger partial charge on any atom is -0.481 e. The summed E-state index contributed by atoms with van der Waals surface area (Å²) in [7, 11) is 0. The lowest BCUT2D eigenvalue weighted by Crippen LogP contribution is -2.41. The van der Waals surface area contributed by atoms with E-state index in [4.69, 9.17) is 4.74 Å². The number of hydrogen-bond donors (Lipinski definition) is 2. The Kier molecular flexibility index (Phi) is 6.03. The highest BCUT2D eigenvalue weighted by molar-refractivity contribution is 6.04. The molecule has 1 atom stereocenters. The number of amides is 2. The third kappa shape index (κ3) is 5.34. The molecule has 0 spiro atoms. The summed E-state index contributed by atoms with van der Waals surface area (Å²) in [6.07, 6.45) is -0.699. The Morgan fingerprint density at radius 2 is 1.62 bits per heavy atom. The van der Waals surface area contributed by atoms with Crippen LogP contribution in [-0.2, 0) is 4.79 Å². The first kappa shape index (κ1) is 19.5. The molecule has 2 amide bonds. The maximum absolute atomic E-state index is 12.5. The van der Waals surface area contributed by atoms with Crippen molar-refractivity contribution in [2.24, 2.45) is 0 Å². The van der Waals surface area contributed by atoms with Crippen molar-refractivity contribution in [3.8, 4) is 5.75 Å². The van der Waals surface area contributed by atoms with Gasteiger partial charge in [-0.05, 0) is 58.4 Å². The molecular weight excluding hydrogens is 328 g/mol. The Labute approximate surface area is 154 Å². The summed E-state index contributed by atoms with van der Waals surface area (Å²) in [6, 6.07) is 14.4. The maximum atomic E-state index is 12.5. The second-order valence-electron chi connectivity index (χ2n) is 7.26. The largest absolute Gasteiger partial charge is 0.481 e. The van der Waals surface area contributed by atoms with Gasteiger partial charge in [-0.3, -0.25) is 9.59 Å². The SMILES string of the molecule is Cc1ccccc1OC(C)C(=O)Nc1ccccc1C(=O)NC(C)(C)C. The van der Waals surface area contributed by atoms with E-state index in [9.17, 15) is 9.59 Å². The molecule has 2 aromatic carbocycles. The molecule has 138 valence electrons. The number of aryl methyl sites for hydroxylation is 1. The Bertz CT molecular complexity index is 794. The summed E-state index contributed by atoms with van der Waals surface area (Å²) < 4.78 is 5.75. The number of para-hydroxylation sites is 2. The van der Waals surface area contributed by atoms with Gasteiger partial charge in [-0.1, -0.05) is 30.3 Å². The molecule has 0 fully saturated rings. The third-order valence-corrected chi connectivity index (χ3v) is 3.68. The molecule has 0 heterocycles. The van der Waals surface area contributed by atoms with Gasteiger partial charge in [0.25, 0.3) is 11.8 Å². The fraction of sp³-hybridized carbons (Fsp3) is 0.333. The van der Waals surface area contributed by atoms with E-state index in [0.29, 0.717) is 17.0 Å². The Morgan fingerprint density at radius 1 is 1.00 bits per heavy atom. The van der Waals surface area contributed by atoms with E-state index in [2.05, 4.69) is 10.6 Å². The minimum atomic E-state index is -0.699. The van der Waals surface area contributed by atoms with Gasteiger partial charge in [-0.15, -0.1) is 0 Å². The van der Waals surface area contributed by atoms with Crippen molar-refractivity contribution in [3.05, 3.63) is 59.7 Å². The van der Waals surface area contributed by atoms with Gasteiger partial charge >= 0.3 is 0 Å². The molecule has 0 bridgehead atoms. The molecular formula is C21H26N2O3. The van der Waals surface area contributed by atoms with Gasteiger partial charge in [0, 0.05) is 5.54 Å². The monoisotopic (exact) mass is 354 g/mol. The van der Waals surface area contributed by atoms with E-state index in [0.717, 1.165) is 5.56 Å². The van der Waals surface area contributed by atoms with Crippen molar-refractivity contribution in [1.29, 1.82) is 0 Å². The van der Waals surface area contributed by atoms with Crippen molar-refractivity contribution < 1.29 is 14.3 Å². The van der Waals surface area contributed by atoms with Gasteiger partial charge in [0.05, 0.1) is 11.3 Å². The number of anilines is 1. The number of carbonyl (C=O) groups is 2. The van der Waals surface area contributed by atoms with E-state index < -0.39 is 6.10 Å². The molecule has 5 heteroatoms. The minimum absolute atomic E-state index is 0.235. The number of rotatable bonds is 5. The molecule has 0 aliphatic heterocycles. The van der Waals surface area contributed by atoms with Gasteiger partial charge in [0.2, 0.25) is 0 Å². The molecule has 0 saturated carbocycles. The number of benzene rings is 2. The van der Waals surface area contributed by atoms with Crippen LogP contribution in [0.25, 0.3) is 0 Å². The first-order valence-corrected chi connectivity index (χ1v) is 8.62. The number of ether oxygens (including phenoxy) is 1. The Morgan fingerprint density at radius 3 is 2.27 bits per heavy atom.